The second-order valence-corrected chi connectivity index (χ2v) is 7.48. The summed E-state index contributed by atoms with van der Waals surface area (Å²) < 4.78 is 0. The molecule has 0 atom stereocenters. The zero-order valence-electron chi connectivity index (χ0n) is 21.9. The van der Waals surface area contributed by atoms with Crippen LogP contribution in [-0.2, 0) is 0 Å². The van der Waals surface area contributed by atoms with E-state index >= 15 is 0 Å². The van der Waals surface area contributed by atoms with Gasteiger partial charge in [0, 0.05) is 12.3 Å². The molecule has 0 aliphatic rings. The first kappa shape index (κ1) is 43.9. The molecule has 0 saturated carbocycles. The van der Waals surface area contributed by atoms with Crippen LogP contribution in [0.3, 0.4) is 0 Å². The van der Waals surface area contributed by atoms with Gasteiger partial charge in [0.25, 0.3) is 0 Å². The Morgan fingerprint density at radius 2 is 0.700 bits per heavy atom. The van der Waals surface area contributed by atoms with E-state index in [-0.39, 0.29) is 0 Å². The molecule has 0 bridgehead atoms. The minimum Gasteiger partial charge on any atom is -0.330 e. The van der Waals surface area contributed by atoms with Gasteiger partial charge in [-0.25, -0.2) is 0 Å². The van der Waals surface area contributed by atoms with E-state index in [1.54, 1.807) is 11.8 Å². The molecule has 0 unspecified atom stereocenters. The Labute approximate surface area is 196 Å². The van der Waals surface area contributed by atoms with E-state index in [4.69, 9.17) is 34.4 Å². The third-order valence-corrected chi connectivity index (χ3v) is 3.74. The zero-order valence-corrected chi connectivity index (χ0v) is 22.7. The third kappa shape index (κ3) is 141. The van der Waals surface area contributed by atoms with E-state index in [9.17, 15) is 0 Å². The van der Waals surface area contributed by atoms with Gasteiger partial charge in [-0.05, 0) is 71.1 Å². The minimum atomic E-state index is 0.807. The van der Waals surface area contributed by atoms with Gasteiger partial charge in [0.15, 0.2) is 0 Å². The predicted molar refractivity (Wildman–Crippen MR) is 147 cm³/mol. The molecule has 0 heterocycles. The average molecular weight is 457 g/mol. The molecule has 0 aromatic heterocycles. The topological polar surface area (TPSA) is 156 Å². The molecule has 6 nitrogen and oxygen atoms in total. The number of hydrogen-bond donors (Lipinski definition) is 6. The fraction of sp³-hybridized carbons (Fsp3) is 1.00. The summed E-state index contributed by atoms with van der Waals surface area (Å²) in [6.07, 6.45) is 14.1. The summed E-state index contributed by atoms with van der Waals surface area (Å²) in [6.45, 7) is 15.6. The molecule has 0 rings (SSSR count). The Bertz CT molecular complexity index is 140. The van der Waals surface area contributed by atoms with Crippen molar-refractivity contribution in [3.8, 4) is 0 Å². The standard InChI is InChI=1S/C5H13N.3C4H11N.C3H9NS.C3H9N/c1-2-3-4-5-6;3*1-2-3-4-5;1-5-3-2-4;1-2-3-4/h2-6H2,1H3;3*2-5H2,1H3;2-4H2,1H3;2-4H2,1H3. The van der Waals surface area contributed by atoms with Crippen LogP contribution in [0, 0.1) is 0 Å². The predicted octanol–water partition coefficient (Wildman–Crippen LogP) is 4.03. The molecule has 12 N–H and O–H groups in total. The van der Waals surface area contributed by atoms with Crippen LogP contribution in [0.4, 0.5) is 0 Å². The van der Waals surface area contributed by atoms with Crippen molar-refractivity contribution in [3.05, 3.63) is 0 Å². The summed E-state index contributed by atoms with van der Waals surface area (Å²) in [5, 5.41) is 0. The van der Waals surface area contributed by atoms with Gasteiger partial charge in [-0.1, -0.05) is 66.7 Å². The van der Waals surface area contributed by atoms with E-state index in [1.807, 2.05) is 6.26 Å². The van der Waals surface area contributed by atoms with Crippen LogP contribution in [0.1, 0.15) is 98.8 Å². The van der Waals surface area contributed by atoms with E-state index in [0.717, 1.165) is 51.4 Å². The fourth-order valence-corrected chi connectivity index (χ4v) is 1.36. The van der Waals surface area contributed by atoms with Gasteiger partial charge in [-0.15, -0.1) is 0 Å². The number of nitrogens with two attached hydrogens (primary N) is 6. The monoisotopic (exact) mass is 456 g/mol. The number of hydrogen-bond acceptors (Lipinski definition) is 7. The van der Waals surface area contributed by atoms with Crippen LogP contribution in [0.5, 0.6) is 0 Å². The lowest BCUT2D eigenvalue weighted by atomic mass is 10.3. The Kier molecular flexibility index (Phi) is 103. The first-order chi connectivity index (χ1) is 14.5. The average Bonchev–Trinajstić information content (AvgIpc) is 2.76. The highest BCUT2D eigenvalue weighted by Gasteiger charge is 1.75. The number of thioether (sulfide) groups is 1. The molecule has 30 heavy (non-hydrogen) atoms. The van der Waals surface area contributed by atoms with Gasteiger partial charge in [-0.3, -0.25) is 0 Å². The molecule has 0 aliphatic heterocycles. The molecule has 0 spiro atoms. The molecular weight excluding hydrogens is 392 g/mol. The second-order valence-electron chi connectivity index (χ2n) is 6.49. The highest BCUT2D eigenvalue weighted by molar-refractivity contribution is 7.98. The van der Waals surface area contributed by atoms with E-state index < -0.39 is 0 Å². The molecule has 0 amide bonds. The third-order valence-electron chi connectivity index (χ3n) is 3.09. The number of rotatable bonds is 12. The Balaban J connectivity index is -0.0000000578. The summed E-state index contributed by atoms with van der Waals surface area (Å²) >= 11 is 1.78. The van der Waals surface area contributed by atoms with Crippen LogP contribution in [0.2, 0.25) is 0 Å². The van der Waals surface area contributed by atoms with Gasteiger partial charge in [0.1, 0.15) is 0 Å². The summed E-state index contributed by atoms with van der Waals surface area (Å²) in [6, 6.07) is 0. The normalized spacial score (nSPS) is 8.40. The zero-order chi connectivity index (χ0) is 24.7. The molecule has 0 fully saturated rings. The van der Waals surface area contributed by atoms with Gasteiger partial charge in [-0.2, -0.15) is 11.8 Å². The second kappa shape index (κ2) is 70.1. The molecule has 7 heteroatoms. The lowest BCUT2D eigenvalue weighted by Gasteiger charge is -1.86. The van der Waals surface area contributed by atoms with E-state index in [1.165, 1.54) is 57.8 Å². The summed E-state index contributed by atoms with van der Waals surface area (Å²) in [7, 11) is 0. The van der Waals surface area contributed by atoms with Crippen molar-refractivity contribution >= 4 is 11.8 Å². The first-order valence-corrected chi connectivity index (χ1v) is 13.6. The van der Waals surface area contributed by atoms with Crippen molar-refractivity contribution < 1.29 is 0 Å². The number of unbranched alkanes of at least 4 members (excludes halogenated alkanes) is 5. The van der Waals surface area contributed by atoms with Gasteiger partial charge in [0.2, 0.25) is 0 Å². The van der Waals surface area contributed by atoms with Crippen molar-refractivity contribution in [2.75, 3.05) is 51.3 Å². The molecule has 192 valence electrons. The summed E-state index contributed by atoms with van der Waals surface area (Å²) in [4.78, 5) is 0. The van der Waals surface area contributed by atoms with Gasteiger partial charge in [0.05, 0.1) is 0 Å². The van der Waals surface area contributed by atoms with Gasteiger partial charge < -0.3 is 34.4 Å². The maximum Gasteiger partial charge on any atom is 0.00530 e. The largest absolute Gasteiger partial charge is 0.330 e. The van der Waals surface area contributed by atoms with E-state index in [0.29, 0.717) is 0 Å². The van der Waals surface area contributed by atoms with Crippen LogP contribution in [0.25, 0.3) is 0 Å². The molecule has 0 radical (unpaired) electrons. The molecule has 0 aliphatic carbocycles. The Morgan fingerprint density at radius 1 is 0.400 bits per heavy atom. The summed E-state index contributed by atoms with van der Waals surface area (Å²) in [5.74, 6) is 1.08. The lowest BCUT2D eigenvalue weighted by molar-refractivity contribution is 0.727. The fourth-order valence-electron chi connectivity index (χ4n) is 1.12. The minimum absolute atomic E-state index is 0.807. The smallest absolute Gasteiger partial charge is 0.00530 e. The van der Waals surface area contributed by atoms with Crippen LogP contribution in [-0.4, -0.2) is 51.3 Å². The molecular formula is C23H64N6S. The first-order valence-electron chi connectivity index (χ1n) is 12.2. The highest BCUT2D eigenvalue weighted by Crippen LogP contribution is 1.88. The van der Waals surface area contributed by atoms with Crippen molar-refractivity contribution in [1.29, 1.82) is 0 Å². The maximum absolute atomic E-state index is 5.21. The molecule has 0 aromatic carbocycles. The maximum atomic E-state index is 5.21. The Hall–Kier alpha value is 0.110. The van der Waals surface area contributed by atoms with Crippen molar-refractivity contribution in [2.24, 2.45) is 34.4 Å². The highest BCUT2D eigenvalue weighted by atomic mass is 32.2. The van der Waals surface area contributed by atoms with Crippen LogP contribution >= 0.6 is 11.8 Å². The summed E-state index contributed by atoms with van der Waals surface area (Å²) in [5.41, 5.74) is 30.8. The van der Waals surface area contributed by atoms with E-state index in [2.05, 4.69) is 34.6 Å². The SMILES string of the molecule is CCCCCN.CCCCN.CCCCN.CCCCN.CCCN.CSCCN. The Morgan fingerprint density at radius 3 is 0.733 bits per heavy atom. The van der Waals surface area contributed by atoms with Crippen molar-refractivity contribution in [3.63, 3.8) is 0 Å². The lowest BCUT2D eigenvalue weighted by Crippen LogP contribution is -1.99. The van der Waals surface area contributed by atoms with Crippen molar-refractivity contribution in [2.45, 2.75) is 98.8 Å². The quantitative estimate of drug-likeness (QED) is 0.242. The van der Waals surface area contributed by atoms with Crippen LogP contribution in [0.15, 0.2) is 0 Å². The van der Waals surface area contributed by atoms with Crippen LogP contribution < -0.4 is 34.4 Å². The molecule has 0 aromatic rings. The molecule has 0 saturated heterocycles. The van der Waals surface area contributed by atoms with Gasteiger partial charge >= 0.3 is 0 Å². The van der Waals surface area contributed by atoms with Crippen molar-refractivity contribution in [1.82, 2.24) is 0 Å².